The Labute approximate surface area is 97.7 Å². The molecule has 0 saturated carbocycles. The molecule has 0 radical (unpaired) electrons. The predicted molar refractivity (Wildman–Crippen MR) is 67.0 cm³/mol. The highest BCUT2D eigenvalue weighted by Crippen LogP contribution is 2.08. The third kappa shape index (κ3) is 4.39. The molecular weight excluding hydrogens is 200 g/mol. The van der Waals surface area contributed by atoms with E-state index in [1.54, 1.807) is 24.3 Å². The van der Waals surface area contributed by atoms with Gasteiger partial charge in [0, 0.05) is 17.5 Å². The van der Waals surface area contributed by atoms with Crippen LogP contribution in [0.3, 0.4) is 0 Å². The highest BCUT2D eigenvalue weighted by atomic mass is 16.1. The maximum absolute atomic E-state index is 11.4. The second-order valence-corrected chi connectivity index (χ2v) is 3.31. The van der Waals surface area contributed by atoms with E-state index in [1.165, 1.54) is 6.92 Å². The molecule has 1 aromatic carbocycles. The number of benzene rings is 1. The van der Waals surface area contributed by atoms with Gasteiger partial charge in [-0.1, -0.05) is 45.0 Å². The van der Waals surface area contributed by atoms with E-state index < -0.39 is 0 Å². The highest BCUT2D eigenvalue weighted by molar-refractivity contribution is 5.98. The van der Waals surface area contributed by atoms with Crippen molar-refractivity contribution in [2.45, 2.75) is 40.5 Å². The van der Waals surface area contributed by atoms with Crippen LogP contribution in [0, 0.1) is 0 Å². The third-order valence-corrected chi connectivity index (χ3v) is 2.09. The van der Waals surface area contributed by atoms with Gasteiger partial charge in [0.05, 0.1) is 0 Å². The van der Waals surface area contributed by atoms with Gasteiger partial charge in [-0.25, -0.2) is 0 Å². The first-order valence-electron chi connectivity index (χ1n) is 5.79. The average Bonchev–Trinajstić information content (AvgIpc) is 2.32. The van der Waals surface area contributed by atoms with Gasteiger partial charge in [-0.2, -0.15) is 0 Å². The van der Waals surface area contributed by atoms with Crippen molar-refractivity contribution in [3.63, 3.8) is 0 Å². The molecule has 0 aliphatic carbocycles. The van der Waals surface area contributed by atoms with E-state index in [9.17, 15) is 9.59 Å². The summed E-state index contributed by atoms with van der Waals surface area (Å²) in [6.45, 7) is 7.49. The molecule has 0 saturated heterocycles. The van der Waals surface area contributed by atoms with E-state index >= 15 is 0 Å². The molecule has 0 atom stereocenters. The first-order valence-corrected chi connectivity index (χ1v) is 5.79. The van der Waals surface area contributed by atoms with Crippen molar-refractivity contribution < 1.29 is 9.59 Å². The zero-order chi connectivity index (χ0) is 12.6. The minimum Gasteiger partial charge on any atom is -0.295 e. The molecule has 0 amide bonds. The molecule has 1 aromatic rings. The molecule has 0 heterocycles. The van der Waals surface area contributed by atoms with Gasteiger partial charge < -0.3 is 0 Å². The summed E-state index contributed by atoms with van der Waals surface area (Å²) < 4.78 is 0. The summed E-state index contributed by atoms with van der Waals surface area (Å²) in [5.74, 6) is 0.169. The Morgan fingerprint density at radius 3 is 1.81 bits per heavy atom. The Bertz CT molecular complexity index is 336. The fraction of sp³-hybridized carbons (Fsp3) is 0.429. The molecular formula is C14H20O2. The van der Waals surface area contributed by atoms with E-state index in [4.69, 9.17) is 0 Å². The van der Waals surface area contributed by atoms with E-state index in [-0.39, 0.29) is 11.6 Å². The number of rotatable bonds is 4. The number of Topliss-reactive ketones (excluding diaryl/α,β-unsaturated/α-hetero) is 2. The lowest BCUT2D eigenvalue weighted by atomic mass is 10.0. The number of ketones is 2. The minimum atomic E-state index is 0.0273. The summed E-state index contributed by atoms with van der Waals surface area (Å²) in [4.78, 5) is 22.4. The molecule has 0 spiro atoms. The van der Waals surface area contributed by atoms with E-state index in [0.29, 0.717) is 17.5 Å². The van der Waals surface area contributed by atoms with Crippen molar-refractivity contribution in [3.05, 3.63) is 35.4 Å². The summed E-state index contributed by atoms with van der Waals surface area (Å²) in [6, 6.07) is 6.83. The summed E-state index contributed by atoms with van der Waals surface area (Å²) in [6.07, 6.45) is 1.42. The van der Waals surface area contributed by atoms with E-state index in [2.05, 4.69) is 0 Å². The smallest absolute Gasteiger partial charge is 0.162 e. The van der Waals surface area contributed by atoms with Gasteiger partial charge in [-0.3, -0.25) is 9.59 Å². The molecule has 0 unspecified atom stereocenters. The average molecular weight is 220 g/mol. The van der Waals surface area contributed by atoms with E-state index in [1.807, 2.05) is 20.8 Å². The van der Waals surface area contributed by atoms with Crippen LogP contribution in [-0.2, 0) is 0 Å². The maximum Gasteiger partial charge on any atom is 0.162 e. The van der Waals surface area contributed by atoms with Crippen LogP contribution in [0.2, 0.25) is 0 Å². The Morgan fingerprint density at radius 1 is 1.00 bits per heavy atom. The Balaban J connectivity index is 0.00000106. The lowest BCUT2D eigenvalue weighted by Crippen LogP contribution is -1.99. The van der Waals surface area contributed by atoms with Crippen LogP contribution in [0.1, 0.15) is 61.3 Å². The third-order valence-electron chi connectivity index (χ3n) is 2.09. The maximum atomic E-state index is 11.4. The predicted octanol–water partition coefficient (Wildman–Crippen LogP) is 3.90. The fourth-order valence-electron chi connectivity index (χ4n) is 1.26. The zero-order valence-corrected chi connectivity index (χ0v) is 10.5. The van der Waals surface area contributed by atoms with Gasteiger partial charge in [0.25, 0.3) is 0 Å². The minimum absolute atomic E-state index is 0.0273. The van der Waals surface area contributed by atoms with Crippen molar-refractivity contribution >= 4 is 11.6 Å². The Morgan fingerprint density at radius 2 is 1.44 bits per heavy atom. The number of carbonyl (C=O) groups excluding carboxylic acids is 2. The highest BCUT2D eigenvalue weighted by Gasteiger charge is 2.05. The van der Waals surface area contributed by atoms with Gasteiger partial charge in [0.2, 0.25) is 0 Å². The van der Waals surface area contributed by atoms with Crippen LogP contribution >= 0.6 is 0 Å². The topological polar surface area (TPSA) is 34.1 Å². The van der Waals surface area contributed by atoms with Gasteiger partial charge in [-0.15, -0.1) is 0 Å². The van der Waals surface area contributed by atoms with Gasteiger partial charge in [0.15, 0.2) is 11.6 Å². The summed E-state index contributed by atoms with van der Waals surface area (Å²) in [5, 5.41) is 0. The summed E-state index contributed by atoms with van der Waals surface area (Å²) in [5.41, 5.74) is 1.34. The van der Waals surface area contributed by atoms with Crippen LogP contribution in [0.25, 0.3) is 0 Å². The van der Waals surface area contributed by atoms with Gasteiger partial charge in [-0.05, 0) is 13.3 Å². The quantitative estimate of drug-likeness (QED) is 0.721. The Kier molecular flexibility index (Phi) is 7.10. The zero-order valence-electron chi connectivity index (χ0n) is 10.5. The van der Waals surface area contributed by atoms with Crippen molar-refractivity contribution in [1.29, 1.82) is 0 Å². The summed E-state index contributed by atoms with van der Waals surface area (Å²) in [7, 11) is 0. The van der Waals surface area contributed by atoms with Gasteiger partial charge in [0.1, 0.15) is 0 Å². The van der Waals surface area contributed by atoms with Crippen LogP contribution in [0.15, 0.2) is 24.3 Å². The molecule has 88 valence electrons. The molecule has 16 heavy (non-hydrogen) atoms. The number of hydrogen-bond donors (Lipinski definition) is 0. The number of carbonyl (C=O) groups is 2. The molecule has 0 aliphatic rings. The molecule has 0 N–H and O–H groups in total. The van der Waals surface area contributed by atoms with Crippen LogP contribution in [0.4, 0.5) is 0 Å². The van der Waals surface area contributed by atoms with Crippen molar-refractivity contribution in [2.24, 2.45) is 0 Å². The molecule has 2 heteroatoms. The first kappa shape index (κ1) is 14.6. The lowest BCUT2D eigenvalue weighted by Gasteiger charge is -1.99. The van der Waals surface area contributed by atoms with Crippen molar-refractivity contribution in [2.75, 3.05) is 0 Å². The molecule has 2 nitrogen and oxygen atoms in total. The van der Waals surface area contributed by atoms with E-state index in [0.717, 1.165) is 6.42 Å². The summed E-state index contributed by atoms with van der Waals surface area (Å²) >= 11 is 0. The molecule has 0 bridgehead atoms. The molecule has 0 aromatic heterocycles. The number of hydrogen-bond acceptors (Lipinski definition) is 2. The van der Waals surface area contributed by atoms with Crippen molar-refractivity contribution in [3.8, 4) is 0 Å². The second-order valence-electron chi connectivity index (χ2n) is 3.31. The normalized spacial score (nSPS) is 9.00. The SMILES string of the molecule is CC.CCCC(=O)c1ccc(C(C)=O)cc1. The monoisotopic (exact) mass is 220 g/mol. The molecule has 0 aliphatic heterocycles. The van der Waals surface area contributed by atoms with Crippen molar-refractivity contribution in [1.82, 2.24) is 0 Å². The van der Waals surface area contributed by atoms with Crippen LogP contribution in [0.5, 0.6) is 0 Å². The lowest BCUT2D eigenvalue weighted by molar-refractivity contribution is 0.0978. The fourth-order valence-corrected chi connectivity index (χ4v) is 1.26. The second kappa shape index (κ2) is 7.80. The van der Waals surface area contributed by atoms with Gasteiger partial charge >= 0.3 is 0 Å². The first-order chi connectivity index (χ1) is 7.65. The molecule has 1 rings (SSSR count). The largest absolute Gasteiger partial charge is 0.295 e. The van der Waals surface area contributed by atoms with Crippen LogP contribution in [-0.4, -0.2) is 11.6 Å². The standard InChI is InChI=1S/C12H14O2.C2H6/c1-3-4-12(14)11-7-5-10(6-8-11)9(2)13;1-2/h5-8H,3-4H2,1-2H3;1-2H3. The van der Waals surface area contributed by atoms with Crippen LogP contribution < -0.4 is 0 Å². The Hall–Kier alpha value is -1.44. The molecule has 0 fully saturated rings.